The zero-order valence-corrected chi connectivity index (χ0v) is 18.9. The molecule has 7 heteroatoms. The summed E-state index contributed by atoms with van der Waals surface area (Å²) in [5, 5.41) is 11.5. The van der Waals surface area contributed by atoms with Gasteiger partial charge in [-0.05, 0) is 63.1 Å². The van der Waals surface area contributed by atoms with Gasteiger partial charge in [-0.3, -0.25) is 4.99 Å². The first kappa shape index (κ1) is 22.3. The average molecular weight is 413 g/mol. The second kappa shape index (κ2) is 10.6. The lowest BCUT2D eigenvalue weighted by Gasteiger charge is -2.30. The van der Waals surface area contributed by atoms with Gasteiger partial charge in [0.05, 0.1) is 5.69 Å². The Balaban J connectivity index is 1.52. The van der Waals surface area contributed by atoms with Gasteiger partial charge in [-0.25, -0.2) is 9.67 Å². The van der Waals surface area contributed by atoms with Crippen LogP contribution < -0.4 is 10.6 Å². The summed E-state index contributed by atoms with van der Waals surface area (Å²) in [7, 11) is 1.82. The van der Waals surface area contributed by atoms with Crippen LogP contribution in [0.5, 0.6) is 0 Å². The van der Waals surface area contributed by atoms with Gasteiger partial charge in [-0.1, -0.05) is 18.9 Å². The van der Waals surface area contributed by atoms with E-state index in [4.69, 9.17) is 4.74 Å². The molecule has 0 amide bonds. The average Bonchev–Trinajstić information content (AvgIpc) is 3.35. The largest absolute Gasteiger partial charge is 0.382 e. The number of hydrogen-bond acceptors (Lipinski definition) is 4. The maximum atomic E-state index is 5.62. The van der Waals surface area contributed by atoms with Gasteiger partial charge in [0.2, 0.25) is 0 Å². The summed E-state index contributed by atoms with van der Waals surface area (Å²) < 4.78 is 7.49. The lowest BCUT2D eigenvalue weighted by atomic mass is 9.83. The molecule has 0 bridgehead atoms. The highest BCUT2D eigenvalue weighted by molar-refractivity contribution is 5.79. The molecule has 0 aliphatic heterocycles. The van der Waals surface area contributed by atoms with Crippen LogP contribution in [0.3, 0.4) is 0 Å². The van der Waals surface area contributed by atoms with Crippen LogP contribution in [0.1, 0.15) is 56.0 Å². The Morgan fingerprint density at radius 2 is 2.03 bits per heavy atom. The molecule has 0 spiro atoms. The number of aryl methyl sites for hydroxylation is 2. The molecule has 1 saturated carbocycles. The number of aromatic nitrogens is 3. The second-order valence-electron chi connectivity index (χ2n) is 8.30. The van der Waals surface area contributed by atoms with Crippen molar-refractivity contribution in [1.82, 2.24) is 25.4 Å². The smallest absolute Gasteiger partial charge is 0.191 e. The molecule has 2 aromatic rings. The number of rotatable bonds is 9. The van der Waals surface area contributed by atoms with Crippen molar-refractivity contribution in [2.24, 2.45) is 10.4 Å². The molecule has 2 heterocycles. The Labute approximate surface area is 180 Å². The van der Waals surface area contributed by atoms with E-state index in [1.807, 2.05) is 37.8 Å². The molecule has 2 N–H and O–H groups in total. The van der Waals surface area contributed by atoms with Crippen LogP contribution in [0, 0.1) is 19.3 Å². The van der Waals surface area contributed by atoms with Crippen molar-refractivity contribution in [2.75, 3.05) is 26.8 Å². The number of hydrogen-bond donors (Lipinski definition) is 2. The Hall–Kier alpha value is -2.41. The molecule has 1 fully saturated rings. The lowest BCUT2D eigenvalue weighted by molar-refractivity contribution is 0.105. The van der Waals surface area contributed by atoms with E-state index in [2.05, 4.69) is 44.8 Å². The van der Waals surface area contributed by atoms with Gasteiger partial charge in [0.25, 0.3) is 0 Å². The van der Waals surface area contributed by atoms with Gasteiger partial charge in [-0.15, -0.1) is 0 Å². The highest BCUT2D eigenvalue weighted by Crippen LogP contribution is 2.40. The third-order valence-corrected chi connectivity index (χ3v) is 6.00. The van der Waals surface area contributed by atoms with Gasteiger partial charge in [-0.2, -0.15) is 5.10 Å². The molecule has 3 rings (SSSR count). The fraction of sp³-hybridized carbons (Fsp3) is 0.609. The number of guanidine groups is 1. The highest BCUT2D eigenvalue weighted by atomic mass is 16.5. The summed E-state index contributed by atoms with van der Waals surface area (Å²) in [6.45, 7) is 9.34. The third-order valence-electron chi connectivity index (χ3n) is 6.00. The van der Waals surface area contributed by atoms with Crippen LogP contribution >= 0.6 is 0 Å². The molecule has 0 unspecified atom stereocenters. The number of ether oxygens (including phenoxy) is 1. The van der Waals surface area contributed by atoms with E-state index in [1.54, 1.807) is 0 Å². The van der Waals surface area contributed by atoms with E-state index in [9.17, 15) is 0 Å². The summed E-state index contributed by atoms with van der Waals surface area (Å²) in [6.07, 6.45) is 8.17. The Morgan fingerprint density at radius 3 is 2.63 bits per heavy atom. The molecule has 0 saturated heterocycles. The SMILES string of the molecule is CCOCCC1(CNC(=NC)NCc2ccc(-n3nc(C)cc3C)nc2)CCCC1. The first-order valence-corrected chi connectivity index (χ1v) is 11.1. The standard InChI is InChI=1S/C23H36N6O/c1-5-30-13-12-23(10-6-7-11-23)17-27-22(24-4)26-16-20-8-9-21(25-15-20)29-19(3)14-18(2)28-29/h8-9,14-15H,5-7,10-13,16-17H2,1-4H3,(H2,24,26,27). The molecule has 1 aliphatic rings. The van der Waals surface area contributed by atoms with Crippen molar-refractivity contribution in [2.45, 2.75) is 59.4 Å². The monoisotopic (exact) mass is 412 g/mol. The normalized spacial score (nSPS) is 16.1. The van der Waals surface area contributed by atoms with Crippen molar-refractivity contribution < 1.29 is 4.74 Å². The summed E-state index contributed by atoms with van der Waals surface area (Å²) in [4.78, 5) is 8.97. The van der Waals surface area contributed by atoms with E-state index in [1.165, 1.54) is 25.7 Å². The van der Waals surface area contributed by atoms with Crippen LogP contribution in [-0.2, 0) is 11.3 Å². The zero-order valence-electron chi connectivity index (χ0n) is 18.9. The van der Waals surface area contributed by atoms with Crippen LogP contribution in [0.25, 0.3) is 5.82 Å². The molecule has 2 aromatic heterocycles. The van der Waals surface area contributed by atoms with E-state index < -0.39 is 0 Å². The van der Waals surface area contributed by atoms with Crippen LogP contribution in [0.4, 0.5) is 0 Å². The van der Waals surface area contributed by atoms with Crippen LogP contribution in [0.15, 0.2) is 29.4 Å². The summed E-state index contributed by atoms with van der Waals surface area (Å²) in [5.41, 5.74) is 3.52. The molecule has 0 radical (unpaired) electrons. The predicted molar refractivity (Wildman–Crippen MR) is 121 cm³/mol. The number of pyridine rings is 1. The number of aliphatic imine (C=N–C) groups is 1. The van der Waals surface area contributed by atoms with Gasteiger partial charge in [0.15, 0.2) is 11.8 Å². The number of nitrogens with zero attached hydrogens (tertiary/aromatic N) is 4. The first-order chi connectivity index (χ1) is 14.5. The van der Waals surface area contributed by atoms with Crippen molar-refractivity contribution in [3.63, 3.8) is 0 Å². The molecule has 30 heavy (non-hydrogen) atoms. The second-order valence-corrected chi connectivity index (χ2v) is 8.30. The minimum Gasteiger partial charge on any atom is -0.382 e. The topological polar surface area (TPSA) is 76.4 Å². The van der Waals surface area contributed by atoms with Crippen LogP contribution in [-0.4, -0.2) is 47.5 Å². The molecular weight excluding hydrogens is 376 g/mol. The predicted octanol–water partition coefficient (Wildman–Crippen LogP) is 3.54. The minimum atomic E-state index is 0.329. The summed E-state index contributed by atoms with van der Waals surface area (Å²) >= 11 is 0. The van der Waals surface area contributed by atoms with Crippen molar-refractivity contribution in [1.29, 1.82) is 0 Å². The number of nitrogens with one attached hydrogen (secondary N) is 2. The molecule has 7 nitrogen and oxygen atoms in total. The lowest BCUT2D eigenvalue weighted by Crippen LogP contribution is -2.43. The van der Waals surface area contributed by atoms with Gasteiger partial charge >= 0.3 is 0 Å². The Bertz CT molecular complexity index is 821. The molecule has 0 aromatic carbocycles. The zero-order chi connectivity index (χ0) is 21.4. The highest BCUT2D eigenvalue weighted by Gasteiger charge is 2.33. The van der Waals surface area contributed by atoms with E-state index in [-0.39, 0.29) is 0 Å². The fourth-order valence-electron chi connectivity index (χ4n) is 4.26. The minimum absolute atomic E-state index is 0.329. The van der Waals surface area contributed by atoms with Gasteiger partial charge in [0.1, 0.15) is 0 Å². The van der Waals surface area contributed by atoms with E-state index in [0.717, 1.165) is 54.9 Å². The maximum absolute atomic E-state index is 5.62. The van der Waals surface area contributed by atoms with E-state index >= 15 is 0 Å². The maximum Gasteiger partial charge on any atom is 0.191 e. The molecule has 0 atom stereocenters. The molecular formula is C23H36N6O. The molecule has 164 valence electrons. The summed E-state index contributed by atoms with van der Waals surface area (Å²) in [6, 6.07) is 6.14. The van der Waals surface area contributed by atoms with Crippen LogP contribution in [0.2, 0.25) is 0 Å². The third kappa shape index (κ3) is 5.81. The fourth-order valence-corrected chi connectivity index (χ4v) is 4.26. The van der Waals surface area contributed by atoms with Crippen molar-refractivity contribution >= 4 is 5.96 Å². The summed E-state index contributed by atoms with van der Waals surface area (Å²) in [5.74, 6) is 1.67. The molecule has 1 aliphatic carbocycles. The Kier molecular flexibility index (Phi) is 7.85. The quantitative estimate of drug-likeness (QED) is 0.374. The van der Waals surface area contributed by atoms with Crippen molar-refractivity contribution in [3.05, 3.63) is 41.3 Å². The Morgan fingerprint density at radius 1 is 1.23 bits per heavy atom. The van der Waals surface area contributed by atoms with Crippen molar-refractivity contribution in [3.8, 4) is 5.82 Å². The van der Waals surface area contributed by atoms with E-state index in [0.29, 0.717) is 12.0 Å². The van der Waals surface area contributed by atoms with Gasteiger partial charge < -0.3 is 15.4 Å². The van der Waals surface area contributed by atoms with Gasteiger partial charge in [0, 0.05) is 45.2 Å². The first-order valence-electron chi connectivity index (χ1n) is 11.1.